The number of amides is 2. The summed E-state index contributed by atoms with van der Waals surface area (Å²) >= 11 is 5.89. The number of halogens is 1. The number of anilines is 1. The molecule has 0 saturated heterocycles. The van der Waals surface area contributed by atoms with E-state index in [9.17, 15) is 9.59 Å². The maximum absolute atomic E-state index is 12.2. The molecule has 0 bridgehead atoms. The molecule has 1 heterocycles. The summed E-state index contributed by atoms with van der Waals surface area (Å²) < 4.78 is 5.69. The average molecular weight is 426 g/mol. The van der Waals surface area contributed by atoms with E-state index in [1.807, 2.05) is 45.0 Å². The normalized spacial score (nSPS) is 10.7. The number of hydrogen-bond donors (Lipinski definition) is 2. The van der Waals surface area contributed by atoms with Crippen molar-refractivity contribution in [2.45, 2.75) is 33.6 Å². The first-order valence-electron chi connectivity index (χ1n) is 9.67. The van der Waals surface area contributed by atoms with E-state index in [0.29, 0.717) is 23.1 Å². The lowest BCUT2D eigenvalue weighted by Crippen LogP contribution is -2.33. The van der Waals surface area contributed by atoms with Gasteiger partial charge in [-0.1, -0.05) is 29.3 Å². The van der Waals surface area contributed by atoms with Gasteiger partial charge in [-0.15, -0.1) is 0 Å². The molecule has 0 fully saturated rings. The maximum atomic E-state index is 12.2. The van der Waals surface area contributed by atoms with Gasteiger partial charge in [0.25, 0.3) is 0 Å². The molecule has 30 heavy (non-hydrogen) atoms. The summed E-state index contributed by atoms with van der Waals surface area (Å²) in [6.45, 7) is 5.82. The lowest BCUT2D eigenvalue weighted by Gasteiger charge is -2.13. The van der Waals surface area contributed by atoms with E-state index >= 15 is 0 Å². The van der Waals surface area contributed by atoms with E-state index < -0.39 is 0 Å². The number of benzene rings is 2. The van der Waals surface area contributed by atoms with E-state index in [4.69, 9.17) is 16.0 Å². The van der Waals surface area contributed by atoms with Gasteiger partial charge in [0.15, 0.2) is 11.7 Å². The Hall–Kier alpha value is -3.12. The number of nitrogens with zero attached hydrogens (tertiary/aromatic N) is 1. The van der Waals surface area contributed by atoms with Crippen molar-refractivity contribution in [2.75, 3.05) is 11.9 Å². The zero-order chi connectivity index (χ0) is 21.7. The SMILES string of the molecule is Cc1cc(C)c(NC(=O)CNC(=O)CCc2ncc(-c3ccc(Cl)cc3)o2)c(C)c1. The molecule has 1 aromatic heterocycles. The molecule has 0 aliphatic carbocycles. The number of carbonyl (C=O) groups excluding carboxylic acids is 2. The molecule has 0 atom stereocenters. The zero-order valence-electron chi connectivity index (χ0n) is 17.2. The molecular weight excluding hydrogens is 402 g/mol. The van der Waals surface area contributed by atoms with E-state index in [1.54, 1.807) is 18.3 Å². The standard InChI is InChI=1S/C23H24ClN3O3/c1-14-10-15(2)23(16(3)11-14)27-21(29)13-25-20(28)8-9-22-26-12-19(30-22)17-4-6-18(24)7-5-17/h4-7,10-12H,8-9,13H2,1-3H3,(H,25,28)(H,27,29). The molecule has 0 spiro atoms. The number of rotatable bonds is 7. The van der Waals surface area contributed by atoms with Crippen molar-refractivity contribution in [1.82, 2.24) is 10.3 Å². The Morgan fingerprint density at radius 2 is 1.70 bits per heavy atom. The van der Waals surface area contributed by atoms with Crippen LogP contribution in [0.2, 0.25) is 5.02 Å². The number of carbonyl (C=O) groups is 2. The van der Waals surface area contributed by atoms with Crippen molar-refractivity contribution in [2.24, 2.45) is 0 Å². The van der Waals surface area contributed by atoms with Gasteiger partial charge in [0.2, 0.25) is 11.8 Å². The van der Waals surface area contributed by atoms with Gasteiger partial charge < -0.3 is 15.1 Å². The summed E-state index contributed by atoms with van der Waals surface area (Å²) in [5.41, 5.74) is 4.78. The summed E-state index contributed by atoms with van der Waals surface area (Å²) in [7, 11) is 0. The number of aryl methyl sites for hydroxylation is 4. The van der Waals surface area contributed by atoms with Gasteiger partial charge in [-0.25, -0.2) is 4.98 Å². The van der Waals surface area contributed by atoms with Crippen LogP contribution in [-0.2, 0) is 16.0 Å². The van der Waals surface area contributed by atoms with Gasteiger partial charge in [0.1, 0.15) is 0 Å². The molecular formula is C23H24ClN3O3. The molecule has 0 unspecified atom stereocenters. The minimum Gasteiger partial charge on any atom is -0.441 e. The summed E-state index contributed by atoms with van der Waals surface area (Å²) in [5, 5.41) is 6.14. The Morgan fingerprint density at radius 3 is 2.37 bits per heavy atom. The van der Waals surface area contributed by atoms with Crippen LogP contribution in [0.5, 0.6) is 0 Å². The van der Waals surface area contributed by atoms with Crippen molar-refractivity contribution in [3.05, 3.63) is 70.2 Å². The Kier molecular flexibility index (Phi) is 6.90. The monoisotopic (exact) mass is 425 g/mol. The van der Waals surface area contributed by atoms with Gasteiger partial charge in [0, 0.05) is 29.1 Å². The summed E-state index contributed by atoms with van der Waals surface area (Å²) in [4.78, 5) is 28.5. The molecule has 3 rings (SSSR count). The smallest absolute Gasteiger partial charge is 0.243 e. The van der Waals surface area contributed by atoms with Gasteiger partial charge in [0.05, 0.1) is 12.7 Å². The first-order valence-corrected chi connectivity index (χ1v) is 10.0. The Bertz CT molecular complexity index is 1030. The third-order valence-corrected chi connectivity index (χ3v) is 4.89. The summed E-state index contributed by atoms with van der Waals surface area (Å²) in [6.07, 6.45) is 2.14. The highest BCUT2D eigenvalue weighted by Crippen LogP contribution is 2.23. The highest BCUT2D eigenvalue weighted by atomic mass is 35.5. The van der Waals surface area contributed by atoms with E-state index in [2.05, 4.69) is 15.6 Å². The Morgan fingerprint density at radius 1 is 1.03 bits per heavy atom. The molecule has 0 aliphatic heterocycles. The number of oxazole rings is 1. The van der Waals surface area contributed by atoms with Crippen molar-refractivity contribution >= 4 is 29.1 Å². The maximum Gasteiger partial charge on any atom is 0.243 e. The topological polar surface area (TPSA) is 84.2 Å². The molecule has 7 heteroatoms. The van der Waals surface area contributed by atoms with Gasteiger partial charge >= 0.3 is 0 Å². The van der Waals surface area contributed by atoms with Crippen LogP contribution in [0.3, 0.4) is 0 Å². The fourth-order valence-corrected chi connectivity index (χ4v) is 3.35. The zero-order valence-corrected chi connectivity index (χ0v) is 18.0. The minimum atomic E-state index is -0.264. The first kappa shape index (κ1) is 21.6. The van der Waals surface area contributed by atoms with Crippen LogP contribution in [0, 0.1) is 20.8 Å². The van der Waals surface area contributed by atoms with Crippen LogP contribution in [0.25, 0.3) is 11.3 Å². The predicted octanol–water partition coefficient (Wildman–Crippen LogP) is 4.61. The van der Waals surface area contributed by atoms with Crippen molar-refractivity contribution in [3.63, 3.8) is 0 Å². The third-order valence-electron chi connectivity index (χ3n) is 4.64. The van der Waals surface area contributed by atoms with Crippen molar-refractivity contribution in [1.29, 1.82) is 0 Å². The largest absolute Gasteiger partial charge is 0.441 e. The molecule has 2 N–H and O–H groups in total. The fourth-order valence-electron chi connectivity index (χ4n) is 3.22. The predicted molar refractivity (Wildman–Crippen MR) is 118 cm³/mol. The molecule has 3 aromatic rings. The molecule has 0 saturated carbocycles. The first-order chi connectivity index (χ1) is 14.3. The van der Waals surface area contributed by atoms with Crippen LogP contribution < -0.4 is 10.6 Å². The van der Waals surface area contributed by atoms with Crippen molar-refractivity contribution < 1.29 is 14.0 Å². The van der Waals surface area contributed by atoms with Crippen LogP contribution in [0.15, 0.2) is 47.0 Å². The second kappa shape index (κ2) is 9.59. The molecule has 2 amide bonds. The minimum absolute atomic E-state index is 0.0901. The summed E-state index contributed by atoms with van der Waals surface area (Å²) in [6, 6.07) is 11.3. The highest BCUT2D eigenvalue weighted by Gasteiger charge is 2.12. The Balaban J connectivity index is 1.46. The van der Waals surface area contributed by atoms with Crippen LogP contribution in [0.1, 0.15) is 29.0 Å². The second-order valence-corrected chi connectivity index (χ2v) is 7.66. The molecule has 2 aromatic carbocycles. The van der Waals surface area contributed by atoms with Gasteiger partial charge in [-0.2, -0.15) is 0 Å². The number of aromatic nitrogens is 1. The lowest BCUT2D eigenvalue weighted by atomic mass is 10.1. The second-order valence-electron chi connectivity index (χ2n) is 7.22. The fraction of sp³-hybridized carbons (Fsp3) is 0.261. The van der Waals surface area contributed by atoms with Crippen LogP contribution in [-0.4, -0.2) is 23.3 Å². The van der Waals surface area contributed by atoms with Crippen molar-refractivity contribution in [3.8, 4) is 11.3 Å². The molecule has 0 radical (unpaired) electrons. The number of nitrogens with one attached hydrogen (secondary N) is 2. The van der Waals surface area contributed by atoms with Gasteiger partial charge in [-0.3, -0.25) is 9.59 Å². The van der Waals surface area contributed by atoms with E-state index in [-0.39, 0.29) is 24.8 Å². The Labute approximate surface area is 180 Å². The molecule has 156 valence electrons. The molecule has 0 aliphatic rings. The average Bonchev–Trinajstić information content (AvgIpc) is 3.17. The van der Waals surface area contributed by atoms with E-state index in [0.717, 1.165) is 27.9 Å². The number of hydrogen-bond acceptors (Lipinski definition) is 4. The third kappa shape index (κ3) is 5.70. The molecule has 6 nitrogen and oxygen atoms in total. The lowest BCUT2D eigenvalue weighted by molar-refractivity contribution is -0.124. The quantitative estimate of drug-likeness (QED) is 0.579. The van der Waals surface area contributed by atoms with E-state index in [1.165, 1.54) is 0 Å². The summed E-state index contributed by atoms with van der Waals surface area (Å²) in [5.74, 6) is 0.573. The van der Waals surface area contributed by atoms with Gasteiger partial charge in [-0.05, 0) is 56.2 Å². The van der Waals surface area contributed by atoms with Crippen LogP contribution in [0.4, 0.5) is 5.69 Å². The highest BCUT2D eigenvalue weighted by molar-refractivity contribution is 6.30. The van der Waals surface area contributed by atoms with Crippen LogP contribution >= 0.6 is 11.6 Å².